The molecule has 2 amide bonds. The summed E-state index contributed by atoms with van der Waals surface area (Å²) < 4.78 is 5.00. The zero-order valence-electron chi connectivity index (χ0n) is 12.9. The molecule has 5 nitrogen and oxygen atoms in total. The molecular weight excluding hydrogens is 304 g/mol. The Kier molecular flexibility index (Phi) is 5.66. The minimum absolute atomic E-state index is 0.0839. The van der Waals surface area contributed by atoms with Crippen molar-refractivity contribution >= 4 is 29.3 Å². The van der Waals surface area contributed by atoms with Gasteiger partial charge in [-0.25, -0.2) is 4.79 Å². The topological polar surface area (TPSA) is 58.6 Å². The number of likely N-dealkylation sites (tertiary alicyclic amines) is 1. The van der Waals surface area contributed by atoms with E-state index in [2.05, 4.69) is 5.32 Å². The third-order valence-corrected chi connectivity index (χ3v) is 4.01. The van der Waals surface area contributed by atoms with Crippen LogP contribution in [0.3, 0.4) is 0 Å². The van der Waals surface area contributed by atoms with Gasteiger partial charge in [-0.05, 0) is 44.4 Å². The number of nitrogens with zero attached hydrogens (tertiary/aromatic N) is 1. The third kappa shape index (κ3) is 4.13. The van der Waals surface area contributed by atoms with Gasteiger partial charge >= 0.3 is 6.09 Å². The van der Waals surface area contributed by atoms with Gasteiger partial charge in [0.05, 0.1) is 12.5 Å². The Balaban J connectivity index is 2.00. The maximum absolute atomic E-state index is 12.4. The molecule has 1 aliphatic rings. The van der Waals surface area contributed by atoms with Gasteiger partial charge in [0.2, 0.25) is 5.91 Å². The van der Waals surface area contributed by atoms with Crippen LogP contribution in [0, 0.1) is 12.8 Å². The minimum atomic E-state index is -0.348. The lowest BCUT2D eigenvalue weighted by atomic mass is 9.97. The lowest BCUT2D eigenvalue weighted by Gasteiger charge is -2.31. The quantitative estimate of drug-likeness (QED) is 0.926. The second-order valence-corrected chi connectivity index (χ2v) is 5.87. The number of piperidine rings is 1. The van der Waals surface area contributed by atoms with E-state index in [1.807, 2.05) is 13.0 Å². The lowest BCUT2D eigenvalue weighted by Crippen LogP contribution is -2.44. The Morgan fingerprint density at radius 2 is 2.23 bits per heavy atom. The van der Waals surface area contributed by atoms with Crippen molar-refractivity contribution < 1.29 is 14.3 Å². The van der Waals surface area contributed by atoms with Crippen molar-refractivity contribution in [1.82, 2.24) is 4.90 Å². The summed E-state index contributed by atoms with van der Waals surface area (Å²) >= 11 is 5.96. The Labute approximate surface area is 135 Å². The first kappa shape index (κ1) is 16.6. The molecule has 1 heterocycles. The molecule has 22 heavy (non-hydrogen) atoms. The van der Waals surface area contributed by atoms with Gasteiger partial charge in [-0.3, -0.25) is 4.79 Å². The number of nitrogens with one attached hydrogen (secondary N) is 1. The van der Waals surface area contributed by atoms with Crippen LogP contribution in [0.1, 0.15) is 25.3 Å². The molecule has 120 valence electrons. The van der Waals surface area contributed by atoms with Crippen molar-refractivity contribution in [2.75, 3.05) is 25.0 Å². The Hall–Kier alpha value is -1.75. The highest BCUT2D eigenvalue weighted by Crippen LogP contribution is 2.23. The molecule has 1 unspecified atom stereocenters. The SMILES string of the molecule is CCOC(=O)N1CCCC(C(=O)Nc2cc(Cl)ccc2C)C1. The van der Waals surface area contributed by atoms with Crippen LogP contribution in [0.2, 0.25) is 5.02 Å². The highest BCUT2D eigenvalue weighted by molar-refractivity contribution is 6.31. The average molecular weight is 325 g/mol. The van der Waals surface area contributed by atoms with E-state index in [0.29, 0.717) is 30.4 Å². The van der Waals surface area contributed by atoms with Crippen LogP contribution in [-0.4, -0.2) is 36.6 Å². The number of carbonyl (C=O) groups is 2. The molecule has 1 aromatic carbocycles. The fourth-order valence-electron chi connectivity index (χ4n) is 2.54. The summed E-state index contributed by atoms with van der Waals surface area (Å²) in [5, 5.41) is 3.49. The van der Waals surface area contributed by atoms with Crippen molar-refractivity contribution in [3.8, 4) is 0 Å². The van der Waals surface area contributed by atoms with Gasteiger partial charge in [0, 0.05) is 23.8 Å². The van der Waals surface area contributed by atoms with Gasteiger partial charge in [-0.15, -0.1) is 0 Å². The first-order valence-corrected chi connectivity index (χ1v) is 7.87. The van der Waals surface area contributed by atoms with Crippen molar-refractivity contribution in [3.63, 3.8) is 0 Å². The maximum Gasteiger partial charge on any atom is 0.409 e. The number of aryl methyl sites for hydroxylation is 1. The van der Waals surface area contributed by atoms with E-state index in [4.69, 9.17) is 16.3 Å². The molecular formula is C16H21ClN2O3. The fraction of sp³-hybridized carbons (Fsp3) is 0.500. The third-order valence-electron chi connectivity index (χ3n) is 3.78. The molecule has 2 rings (SSSR count). The minimum Gasteiger partial charge on any atom is -0.450 e. The molecule has 0 bridgehead atoms. The van der Waals surface area contributed by atoms with E-state index >= 15 is 0 Å². The van der Waals surface area contributed by atoms with E-state index in [-0.39, 0.29) is 17.9 Å². The van der Waals surface area contributed by atoms with Crippen molar-refractivity contribution in [2.45, 2.75) is 26.7 Å². The van der Waals surface area contributed by atoms with Crippen molar-refractivity contribution in [2.24, 2.45) is 5.92 Å². The summed E-state index contributed by atoms with van der Waals surface area (Å²) in [5.41, 5.74) is 1.67. The summed E-state index contributed by atoms with van der Waals surface area (Å²) in [7, 11) is 0. The van der Waals surface area contributed by atoms with Gasteiger partial charge in [-0.2, -0.15) is 0 Å². The van der Waals surface area contributed by atoms with E-state index < -0.39 is 0 Å². The highest BCUT2D eigenvalue weighted by atomic mass is 35.5. The average Bonchev–Trinajstić information content (AvgIpc) is 2.51. The van der Waals surface area contributed by atoms with Crippen LogP contribution in [0.5, 0.6) is 0 Å². The van der Waals surface area contributed by atoms with Gasteiger partial charge in [-0.1, -0.05) is 17.7 Å². The van der Waals surface area contributed by atoms with Crippen LogP contribution in [0.15, 0.2) is 18.2 Å². The maximum atomic E-state index is 12.4. The van der Waals surface area contributed by atoms with E-state index in [9.17, 15) is 9.59 Å². The Bertz CT molecular complexity index is 562. The number of rotatable bonds is 3. The molecule has 0 aromatic heterocycles. The number of hydrogen-bond acceptors (Lipinski definition) is 3. The van der Waals surface area contributed by atoms with Gasteiger partial charge in [0.25, 0.3) is 0 Å². The Morgan fingerprint density at radius 1 is 1.45 bits per heavy atom. The van der Waals surface area contributed by atoms with Crippen LogP contribution in [0.25, 0.3) is 0 Å². The smallest absolute Gasteiger partial charge is 0.409 e. The van der Waals surface area contributed by atoms with Gasteiger partial charge < -0.3 is 15.0 Å². The monoisotopic (exact) mass is 324 g/mol. The highest BCUT2D eigenvalue weighted by Gasteiger charge is 2.29. The van der Waals surface area contributed by atoms with E-state index in [1.165, 1.54) is 0 Å². The molecule has 1 N–H and O–H groups in total. The number of ether oxygens (including phenoxy) is 1. The Morgan fingerprint density at radius 3 is 2.95 bits per heavy atom. The largest absolute Gasteiger partial charge is 0.450 e. The van der Waals surface area contributed by atoms with Gasteiger partial charge in [0.15, 0.2) is 0 Å². The molecule has 1 aliphatic heterocycles. The van der Waals surface area contributed by atoms with Crippen LogP contribution < -0.4 is 5.32 Å². The summed E-state index contributed by atoms with van der Waals surface area (Å²) in [6.45, 7) is 5.06. The van der Waals surface area contributed by atoms with Crippen LogP contribution in [0.4, 0.5) is 10.5 Å². The lowest BCUT2D eigenvalue weighted by molar-refractivity contribution is -0.121. The summed E-state index contributed by atoms with van der Waals surface area (Å²) in [4.78, 5) is 25.8. The van der Waals surface area contributed by atoms with Crippen molar-refractivity contribution in [1.29, 1.82) is 0 Å². The molecule has 0 saturated carbocycles. The molecule has 1 fully saturated rings. The van der Waals surface area contributed by atoms with E-state index in [1.54, 1.807) is 24.0 Å². The van der Waals surface area contributed by atoms with Crippen LogP contribution in [-0.2, 0) is 9.53 Å². The number of amides is 2. The number of anilines is 1. The molecule has 1 saturated heterocycles. The number of hydrogen-bond donors (Lipinski definition) is 1. The first-order valence-electron chi connectivity index (χ1n) is 7.50. The summed E-state index contributed by atoms with van der Waals surface area (Å²) in [5.74, 6) is -0.309. The zero-order valence-corrected chi connectivity index (χ0v) is 13.7. The van der Waals surface area contributed by atoms with E-state index in [0.717, 1.165) is 18.4 Å². The second-order valence-electron chi connectivity index (χ2n) is 5.43. The molecule has 0 aliphatic carbocycles. The first-order chi connectivity index (χ1) is 10.5. The standard InChI is InChI=1S/C16H21ClN2O3/c1-3-22-16(21)19-8-4-5-12(10-19)15(20)18-14-9-13(17)7-6-11(14)2/h6-7,9,12H,3-5,8,10H2,1-2H3,(H,18,20). The zero-order chi connectivity index (χ0) is 16.1. The predicted octanol–water partition coefficient (Wildman–Crippen LogP) is 3.46. The summed E-state index contributed by atoms with van der Waals surface area (Å²) in [6, 6.07) is 5.39. The normalized spacial score (nSPS) is 18.0. The number of benzene rings is 1. The fourth-order valence-corrected chi connectivity index (χ4v) is 2.71. The molecule has 6 heteroatoms. The predicted molar refractivity (Wildman–Crippen MR) is 86.1 cm³/mol. The number of carbonyl (C=O) groups excluding carboxylic acids is 2. The molecule has 0 spiro atoms. The summed E-state index contributed by atoms with van der Waals surface area (Å²) in [6.07, 6.45) is 1.21. The molecule has 1 aromatic rings. The van der Waals surface area contributed by atoms with Gasteiger partial charge in [0.1, 0.15) is 0 Å². The van der Waals surface area contributed by atoms with Crippen molar-refractivity contribution in [3.05, 3.63) is 28.8 Å². The number of halogens is 1. The molecule has 1 atom stereocenters. The van der Waals surface area contributed by atoms with Crippen LogP contribution >= 0.6 is 11.6 Å². The molecule has 0 radical (unpaired) electrons. The second kappa shape index (κ2) is 7.49.